The van der Waals surface area contributed by atoms with E-state index in [1.54, 1.807) is 18.2 Å². The molecule has 0 aliphatic carbocycles. The highest BCUT2D eigenvalue weighted by atomic mass is 32.2. The Morgan fingerprint density at radius 3 is 2.68 bits per heavy atom. The van der Waals surface area contributed by atoms with Gasteiger partial charge in [-0.3, -0.25) is 4.79 Å². The Morgan fingerprint density at radius 2 is 1.82 bits per heavy atom. The van der Waals surface area contributed by atoms with Crippen molar-refractivity contribution in [3.63, 3.8) is 0 Å². The van der Waals surface area contributed by atoms with E-state index in [1.807, 2.05) is 23.1 Å². The normalized spacial score (nSPS) is 19.9. The van der Waals surface area contributed by atoms with Gasteiger partial charge in [0.05, 0.1) is 11.0 Å². The number of likely N-dealkylation sites (tertiary alicyclic amines) is 1. The number of nitrogens with one attached hydrogen (secondary N) is 1. The van der Waals surface area contributed by atoms with Gasteiger partial charge in [0.15, 0.2) is 5.84 Å². The van der Waals surface area contributed by atoms with Gasteiger partial charge in [0.25, 0.3) is 10.0 Å². The molecule has 1 N–H and O–H groups in total. The van der Waals surface area contributed by atoms with E-state index in [2.05, 4.69) is 20.3 Å². The highest BCUT2D eigenvalue weighted by Gasteiger charge is 2.34. The van der Waals surface area contributed by atoms with E-state index < -0.39 is 10.0 Å². The van der Waals surface area contributed by atoms with Crippen LogP contribution in [0.1, 0.15) is 43.5 Å². The number of rotatable bonds is 2. The zero-order valence-corrected chi connectivity index (χ0v) is 19.7. The molecule has 3 aromatic rings. The van der Waals surface area contributed by atoms with Gasteiger partial charge in [-0.1, -0.05) is 18.6 Å². The first-order chi connectivity index (χ1) is 16.5. The number of piperidine rings is 1. The van der Waals surface area contributed by atoms with Crippen molar-refractivity contribution in [1.29, 1.82) is 0 Å². The number of imidazole rings is 1. The number of nitrogens with zero attached hydrogens (tertiary/aromatic N) is 4. The summed E-state index contributed by atoms with van der Waals surface area (Å²) in [5.41, 5.74) is 3.49. The minimum absolute atomic E-state index is 0.00107. The van der Waals surface area contributed by atoms with Gasteiger partial charge in [-0.2, -0.15) is 8.42 Å². The van der Waals surface area contributed by atoms with Crippen molar-refractivity contribution in [2.24, 2.45) is 10.3 Å². The molecule has 3 aliphatic rings. The molecule has 0 radical (unpaired) electrons. The lowest BCUT2D eigenvalue weighted by atomic mass is 9.95. The average Bonchev–Trinajstić information content (AvgIpc) is 3.21. The van der Waals surface area contributed by atoms with Gasteiger partial charge >= 0.3 is 0 Å². The first-order valence-corrected chi connectivity index (χ1v) is 13.4. The fourth-order valence-corrected chi connectivity index (χ4v) is 6.57. The second-order valence-corrected chi connectivity index (χ2v) is 10.9. The summed E-state index contributed by atoms with van der Waals surface area (Å²) in [5, 5.41) is 3.08. The van der Waals surface area contributed by atoms with E-state index in [9.17, 15) is 13.2 Å². The number of aromatic nitrogens is 2. The Kier molecular flexibility index (Phi) is 5.17. The Morgan fingerprint density at radius 1 is 1.00 bits per heavy atom. The summed E-state index contributed by atoms with van der Waals surface area (Å²) in [4.78, 5) is 20.1. The molecule has 4 heterocycles. The highest BCUT2D eigenvalue weighted by Crippen LogP contribution is 2.30. The lowest BCUT2D eigenvalue weighted by Gasteiger charge is -2.32. The van der Waals surface area contributed by atoms with E-state index in [1.165, 1.54) is 19.3 Å². The quantitative estimate of drug-likeness (QED) is 0.609. The van der Waals surface area contributed by atoms with Crippen molar-refractivity contribution < 1.29 is 13.2 Å². The number of hydrogen-bond donors (Lipinski definition) is 1. The molecule has 0 bridgehead atoms. The van der Waals surface area contributed by atoms with Gasteiger partial charge in [0.1, 0.15) is 10.7 Å². The van der Waals surface area contributed by atoms with Crippen LogP contribution in [0.15, 0.2) is 51.8 Å². The fourth-order valence-electron chi connectivity index (χ4n) is 5.34. The summed E-state index contributed by atoms with van der Waals surface area (Å²) in [5.74, 6) is 1.52. The van der Waals surface area contributed by atoms with Gasteiger partial charge in [0, 0.05) is 43.2 Å². The van der Waals surface area contributed by atoms with Crippen molar-refractivity contribution >= 4 is 38.5 Å². The molecule has 2 aromatic carbocycles. The molecule has 3 aliphatic heterocycles. The van der Waals surface area contributed by atoms with Crippen LogP contribution in [0, 0.1) is 5.92 Å². The van der Waals surface area contributed by atoms with Crippen molar-refractivity contribution in [3.8, 4) is 0 Å². The van der Waals surface area contributed by atoms with Gasteiger partial charge in [-0.15, -0.1) is 4.40 Å². The number of amides is 1. The number of sulfonamides is 1. The zero-order chi connectivity index (χ0) is 23.3. The Hall–Kier alpha value is -3.20. The lowest BCUT2D eigenvalue weighted by molar-refractivity contribution is -0.120. The molecule has 0 unspecified atom stereocenters. The van der Waals surface area contributed by atoms with Crippen LogP contribution < -0.4 is 5.32 Å². The SMILES string of the molecule is O=C(Nc1ccc2c(c1)nc1n2CCCCC1)C1CCN(C2=NS(=O)(=O)c3ccccc32)CC1. The number of anilines is 1. The van der Waals surface area contributed by atoms with Crippen LogP contribution in [0.3, 0.4) is 0 Å². The second-order valence-electron chi connectivity index (χ2n) is 9.33. The summed E-state index contributed by atoms with van der Waals surface area (Å²) < 4.78 is 31.1. The number of carbonyl (C=O) groups excluding carboxylic acids is 1. The summed E-state index contributed by atoms with van der Waals surface area (Å²) >= 11 is 0. The van der Waals surface area contributed by atoms with E-state index >= 15 is 0 Å². The molecule has 176 valence electrons. The van der Waals surface area contributed by atoms with Crippen LogP contribution in [0.25, 0.3) is 11.0 Å². The molecule has 1 fully saturated rings. The van der Waals surface area contributed by atoms with Gasteiger partial charge in [0.2, 0.25) is 5.91 Å². The third-order valence-corrected chi connectivity index (χ3v) is 8.48. The van der Waals surface area contributed by atoms with Crippen molar-refractivity contribution in [1.82, 2.24) is 14.5 Å². The first-order valence-electron chi connectivity index (χ1n) is 12.0. The maximum absolute atomic E-state index is 13.0. The van der Waals surface area contributed by atoms with Crippen LogP contribution in [0.2, 0.25) is 0 Å². The monoisotopic (exact) mass is 477 g/mol. The number of hydrogen-bond acceptors (Lipinski definition) is 5. The van der Waals surface area contributed by atoms with Gasteiger partial charge in [-0.05, 0) is 56.0 Å². The molecule has 0 atom stereocenters. The third kappa shape index (κ3) is 3.68. The number of fused-ring (bicyclic) bond motifs is 4. The number of benzene rings is 2. The molecule has 9 heteroatoms. The average molecular weight is 478 g/mol. The minimum Gasteiger partial charge on any atom is -0.355 e. The molecular formula is C25H27N5O3S. The van der Waals surface area contributed by atoms with Crippen molar-refractivity contribution in [2.45, 2.75) is 50.0 Å². The molecule has 0 saturated carbocycles. The summed E-state index contributed by atoms with van der Waals surface area (Å²) in [7, 11) is -3.64. The molecule has 0 spiro atoms. The molecule has 8 nitrogen and oxygen atoms in total. The third-order valence-electron chi connectivity index (χ3n) is 7.15. The molecule has 6 rings (SSSR count). The standard InChI is InChI=1S/C25H27N5O3S/c31-25(26-18-9-10-21-20(16-18)27-23-8-2-1-5-13-30(21)23)17-11-14-29(15-12-17)24-19-6-3-4-7-22(19)34(32,33)28-24/h3-4,6-7,9-10,16-17H,1-2,5,8,11-15H2,(H,26,31). The molecular weight excluding hydrogens is 450 g/mol. The maximum Gasteiger partial charge on any atom is 0.285 e. The minimum atomic E-state index is -3.64. The van der Waals surface area contributed by atoms with E-state index in [-0.39, 0.29) is 16.7 Å². The van der Waals surface area contributed by atoms with Crippen LogP contribution in [0.4, 0.5) is 5.69 Å². The zero-order valence-electron chi connectivity index (χ0n) is 18.9. The highest BCUT2D eigenvalue weighted by molar-refractivity contribution is 7.90. The summed E-state index contributed by atoms with van der Waals surface area (Å²) in [6, 6.07) is 12.9. The van der Waals surface area contributed by atoms with Crippen LogP contribution in [-0.4, -0.2) is 47.7 Å². The fraction of sp³-hybridized carbons (Fsp3) is 0.400. The molecule has 1 saturated heterocycles. The predicted molar refractivity (Wildman–Crippen MR) is 130 cm³/mol. The largest absolute Gasteiger partial charge is 0.355 e. The van der Waals surface area contributed by atoms with Gasteiger partial charge in [-0.25, -0.2) is 4.98 Å². The summed E-state index contributed by atoms with van der Waals surface area (Å²) in [6.07, 6.45) is 5.90. The molecule has 1 aromatic heterocycles. The maximum atomic E-state index is 13.0. The Labute approximate surface area is 198 Å². The first kappa shape index (κ1) is 21.3. The van der Waals surface area contributed by atoms with E-state index in [4.69, 9.17) is 4.98 Å². The van der Waals surface area contributed by atoms with E-state index in [0.29, 0.717) is 37.3 Å². The van der Waals surface area contributed by atoms with E-state index in [0.717, 1.165) is 35.5 Å². The predicted octanol–water partition coefficient (Wildman–Crippen LogP) is 3.56. The lowest BCUT2D eigenvalue weighted by Crippen LogP contribution is -2.41. The number of amidine groups is 1. The Bertz CT molecular complexity index is 1420. The Balaban J connectivity index is 1.13. The molecule has 34 heavy (non-hydrogen) atoms. The van der Waals surface area contributed by atoms with Gasteiger partial charge < -0.3 is 14.8 Å². The van der Waals surface area contributed by atoms with Crippen LogP contribution in [0.5, 0.6) is 0 Å². The van der Waals surface area contributed by atoms with Crippen molar-refractivity contribution in [3.05, 3.63) is 53.9 Å². The molecule has 1 amide bonds. The van der Waals surface area contributed by atoms with Crippen molar-refractivity contribution in [2.75, 3.05) is 18.4 Å². The number of carbonyl (C=O) groups is 1. The van der Waals surface area contributed by atoms with Crippen LogP contribution in [-0.2, 0) is 27.8 Å². The second kappa shape index (κ2) is 8.23. The smallest absolute Gasteiger partial charge is 0.285 e. The summed E-state index contributed by atoms with van der Waals surface area (Å²) in [6.45, 7) is 2.19. The van der Waals surface area contributed by atoms with Crippen LogP contribution >= 0.6 is 0 Å². The number of aryl methyl sites for hydroxylation is 2. The topological polar surface area (TPSA) is 96.7 Å².